The van der Waals surface area contributed by atoms with Gasteiger partial charge in [-0.2, -0.15) is 0 Å². The van der Waals surface area contributed by atoms with Gasteiger partial charge in [0.25, 0.3) is 0 Å². The van der Waals surface area contributed by atoms with E-state index in [0.29, 0.717) is 12.5 Å². The average molecular weight is 158 g/mol. The van der Waals surface area contributed by atoms with Gasteiger partial charge in [-0.25, -0.2) is 0 Å². The summed E-state index contributed by atoms with van der Waals surface area (Å²) in [5.41, 5.74) is 0. The first-order valence-electron chi connectivity index (χ1n) is 4.18. The average Bonchev–Trinajstić information content (AvgIpc) is 1.93. The predicted molar refractivity (Wildman–Crippen MR) is 46.4 cm³/mol. The van der Waals surface area contributed by atoms with Crippen molar-refractivity contribution in [2.45, 2.75) is 13.8 Å². The number of carbonyl (C=O) groups is 1. The topological polar surface area (TPSA) is 32.3 Å². The Bertz CT molecular complexity index is 150. The number of hydrogen-bond acceptors (Lipinski definition) is 2. The van der Waals surface area contributed by atoms with Gasteiger partial charge in [0.1, 0.15) is 0 Å². The molecule has 3 heteroatoms. The van der Waals surface area contributed by atoms with Crippen LogP contribution < -0.4 is 5.32 Å². The summed E-state index contributed by atoms with van der Waals surface area (Å²) in [6.45, 7) is 7.51. The summed E-state index contributed by atoms with van der Waals surface area (Å²) in [7, 11) is 0. The molecule has 0 atom stereocenters. The lowest BCUT2D eigenvalue weighted by molar-refractivity contribution is -0.132. The molecular weight excluding hydrogens is 140 g/mol. The minimum atomic E-state index is 0. The summed E-state index contributed by atoms with van der Waals surface area (Å²) in [5, 5.41) is 3.05. The van der Waals surface area contributed by atoms with Gasteiger partial charge in [0.2, 0.25) is 5.91 Å². The van der Waals surface area contributed by atoms with Crippen molar-refractivity contribution in [2.75, 3.05) is 26.2 Å². The smallest absolute Gasteiger partial charge is 0.236 e. The van der Waals surface area contributed by atoms with E-state index in [-0.39, 0.29) is 7.33 Å². The number of amides is 1. The molecule has 0 saturated carbocycles. The van der Waals surface area contributed by atoms with E-state index >= 15 is 0 Å². The van der Waals surface area contributed by atoms with Gasteiger partial charge < -0.3 is 10.2 Å². The van der Waals surface area contributed by atoms with Crippen molar-refractivity contribution in [2.24, 2.45) is 5.92 Å². The minimum absolute atomic E-state index is 0. The summed E-state index contributed by atoms with van der Waals surface area (Å²) in [6.07, 6.45) is 0. The molecule has 1 amide bonds. The van der Waals surface area contributed by atoms with E-state index in [0.717, 1.165) is 19.6 Å². The Balaban J connectivity index is 0.00000121. The lowest BCUT2D eigenvalue weighted by atomic mass is 10.2. The fraction of sp³-hybridized carbons (Fsp3) is 0.875. The Morgan fingerprint density at radius 3 is 3.00 bits per heavy atom. The second-order valence-electron chi connectivity index (χ2n) is 3.41. The molecule has 66 valence electrons. The lowest BCUT2D eigenvalue weighted by Gasteiger charge is -2.28. The van der Waals surface area contributed by atoms with Gasteiger partial charge >= 0.3 is 0 Å². The Labute approximate surface area is 69.2 Å². The maximum atomic E-state index is 11.2. The van der Waals surface area contributed by atoms with Crippen molar-refractivity contribution >= 4 is 5.91 Å². The van der Waals surface area contributed by atoms with E-state index in [9.17, 15) is 4.79 Å². The number of nitrogens with one attached hydrogen (secondary N) is 1. The molecule has 0 spiro atoms. The van der Waals surface area contributed by atoms with Gasteiger partial charge in [0.05, 0.1) is 6.54 Å². The first-order valence-corrected chi connectivity index (χ1v) is 4.18. The zero-order valence-electron chi connectivity index (χ0n) is 7.26. The van der Waals surface area contributed by atoms with Gasteiger partial charge in [0.15, 0.2) is 0 Å². The van der Waals surface area contributed by atoms with Crippen LogP contribution in [0.4, 0.5) is 0 Å². The van der Waals surface area contributed by atoms with Crippen LogP contribution in [0.3, 0.4) is 0 Å². The SMILES string of the molecule is CC(C)CN1CCNCC1=O.[HH]. The van der Waals surface area contributed by atoms with Gasteiger partial charge in [-0.15, -0.1) is 0 Å². The predicted octanol–water partition coefficient (Wildman–Crippen LogP) is 0.320. The Morgan fingerprint density at radius 2 is 2.45 bits per heavy atom. The normalized spacial score (nSPS) is 19.5. The van der Waals surface area contributed by atoms with Crippen LogP contribution in [-0.2, 0) is 4.79 Å². The third kappa shape index (κ3) is 2.50. The molecule has 1 fully saturated rings. The third-order valence-electron chi connectivity index (χ3n) is 1.77. The standard InChI is InChI=1S/C8H16N2O.H2/c1-7(2)6-10-4-3-9-5-8(10)11;/h7,9H,3-6H2,1-2H3;1H. The van der Waals surface area contributed by atoms with Crippen LogP contribution in [0.1, 0.15) is 15.3 Å². The van der Waals surface area contributed by atoms with Crippen molar-refractivity contribution < 1.29 is 6.22 Å². The molecular formula is C8H18N2O. The zero-order valence-corrected chi connectivity index (χ0v) is 7.26. The van der Waals surface area contributed by atoms with Crippen LogP contribution in [0, 0.1) is 5.92 Å². The minimum Gasteiger partial charge on any atom is -0.340 e. The highest BCUT2D eigenvalue weighted by Gasteiger charge is 2.17. The fourth-order valence-electron chi connectivity index (χ4n) is 1.28. The summed E-state index contributed by atoms with van der Waals surface area (Å²) < 4.78 is 0. The van der Waals surface area contributed by atoms with Gasteiger partial charge in [-0.05, 0) is 5.92 Å². The molecule has 0 unspecified atom stereocenters. The number of nitrogens with zero attached hydrogens (tertiary/aromatic N) is 1. The molecule has 11 heavy (non-hydrogen) atoms. The first kappa shape index (κ1) is 8.53. The first-order chi connectivity index (χ1) is 5.20. The maximum Gasteiger partial charge on any atom is 0.236 e. The van der Waals surface area contributed by atoms with Crippen LogP contribution >= 0.6 is 0 Å². The van der Waals surface area contributed by atoms with Crippen LogP contribution in [0.15, 0.2) is 0 Å². The number of hydrogen-bond donors (Lipinski definition) is 1. The summed E-state index contributed by atoms with van der Waals surface area (Å²) in [5.74, 6) is 0.821. The second kappa shape index (κ2) is 3.72. The van der Waals surface area contributed by atoms with Crippen molar-refractivity contribution in [3.05, 3.63) is 0 Å². The Morgan fingerprint density at radius 1 is 1.73 bits per heavy atom. The molecule has 0 aromatic rings. The van der Waals surface area contributed by atoms with Crippen molar-refractivity contribution in [3.8, 4) is 0 Å². The molecule has 1 aliphatic rings. The van der Waals surface area contributed by atoms with E-state index in [1.807, 2.05) is 4.90 Å². The number of rotatable bonds is 2. The largest absolute Gasteiger partial charge is 0.340 e. The van der Waals surface area contributed by atoms with E-state index in [2.05, 4.69) is 19.2 Å². The number of piperazine rings is 1. The summed E-state index contributed by atoms with van der Waals surface area (Å²) >= 11 is 0. The molecule has 0 aromatic heterocycles. The molecule has 1 aliphatic heterocycles. The molecule has 1 saturated heterocycles. The second-order valence-corrected chi connectivity index (χ2v) is 3.41. The molecule has 1 rings (SSSR count). The van der Waals surface area contributed by atoms with E-state index in [1.165, 1.54) is 0 Å². The van der Waals surface area contributed by atoms with Crippen molar-refractivity contribution in [1.29, 1.82) is 0 Å². The van der Waals surface area contributed by atoms with Crippen molar-refractivity contribution in [1.82, 2.24) is 10.2 Å². The lowest BCUT2D eigenvalue weighted by Crippen LogP contribution is -2.49. The Kier molecular flexibility index (Phi) is 2.88. The highest BCUT2D eigenvalue weighted by Crippen LogP contribution is 2.00. The van der Waals surface area contributed by atoms with E-state index < -0.39 is 0 Å². The summed E-state index contributed by atoms with van der Waals surface area (Å²) in [4.78, 5) is 13.1. The van der Waals surface area contributed by atoms with Gasteiger partial charge in [0, 0.05) is 21.1 Å². The fourth-order valence-corrected chi connectivity index (χ4v) is 1.28. The highest BCUT2D eigenvalue weighted by atomic mass is 16.2. The molecule has 0 radical (unpaired) electrons. The number of carbonyl (C=O) groups excluding carboxylic acids is 1. The van der Waals surface area contributed by atoms with Crippen LogP contribution in [-0.4, -0.2) is 37.0 Å². The maximum absolute atomic E-state index is 11.2. The van der Waals surface area contributed by atoms with Gasteiger partial charge in [-0.1, -0.05) is 13.8 Å². The zero-order chi connectivity index (χ0) is 8.27. The highest BCUT2D eigenvalue weighted by molar-refractivity contribution is 5.78. The molecule has 0 aromatic carbocycles. The molecule has 1 N–H and O–H groups in total. The summed E-state index contributed by atoms with van der Waals surface area (Å²) in [6, 6.07) is 0. The third-order valence-corrected chi connectivity index (χ3v) is 1.77. The van der Waals surface area contributed by atoms with Gasteiger partial charge in [-0.3, -0.25) is 4.79 Å². The van der Waals surface area contributed by atoms with Crippen LogP contribution in [0.25, 0.3) is 0 Å². The Hall–Kier alpha value is -0.570. The molecule has 0 aliphatic carbocycles. The van der Waals surface area contributed by atoms with E-state index in [1.54, 1.807) is 0 Å². The van der Waals surface area contributed by atoms with Crippen LogP contribution in [0.2, 0.25) is 0 Å². The molecule has 1 heterocycles. The quantitative estimate of drug-likeness (QED) is 0.627. The monoisotopic (exact) mass is 158 g/mol. The molecule has 0 bridgehead atoms. The van der Waals surface area contributed by atoms with Crippen molar-refractivity contribution in [3.63, 3.8) is 0 Å². The van der Waals surface area contributed by atoms with E-state index in [4.69, 9.17) is 0 Å². The molecule has 3 nitrogen and oxygen atoms in total. The van der Waals surface area contributed by atoms with Crippen LogP contribution in [0.5, 0.6) is 0 Å².